The van der Waals surface area contributed by atoms with Gasteiger partial charge in [-0.2, -0.15) is 0 Å². The van der Waals surface area contributed by atoms with Gasteiger partial charge in [0.15, 0.2) is 5.79 Å². The number of hydrogen-bond acceptors (Lipinski definition) is 4. The first-order valence-electron chi connectivity index (χ1n) is 7.21. The number of carbonyl (C=O) groups excluding carboxylic acids is 1. The third-order valence-electron chi connectivity index (χ3n) is 4.12. The zero-order valence-corrected chi connectivity index (χ0v) is 12.2. The molecule has 1 spiro atoms. The maximum Gasteiger partial charge on any atom is 0.316 e. The van der Waals surface area contributed by atoms with E-state index in [1.54, 1.807) is 0 Å². The fourth-order valence-corrected chi connectivity index (χ4v) is 3.09. The number of carbonyl (C=O) groups is 1. The Kier molecular flexibility index (Phi) is 4.31. The van der Waals surface area contributed by atoms with Gasteiger partial charge < -0.3 is 14.2 Å². The molecule has 0 aromatic rings. The molecule has 0 aromatic carbocycles. The molecule has 1 heterocycles. The Morgan fingerprint density at radius 1 is 1.37 bits per heavy atom. The molecule has 1 atom stereocenters. The maximum atomic E-state index is 12.3. The Labute approximate surface area is 115 Å². The van der Waals surface area contributed by atoms with Crippen molar-refractivity contribution in [3.8, 4) is 0 Å². The van der Waals surface area contributed by atoms with E-state index in [0.717, 1.165) is 24.8 Å². The molecular formula is C15H24O4. The molecule has 1 unspecified atom stereocenters. The largest absolute Gasteiger partial charge is 0.465 e. The molecule has 0 bridgehead atoms. The minimum atomic E-state index is -0.627. The summed E-state index contributed by atoms with van der Waals surface area (Å²) in [5.74, 6) is -0.793. The van der Waals surface area contributed by atoms with Crippen molar-refractivity contribution >= 4 is 5.97 Å². The van der Waals surface area contributed by atoms with Crippen LogP contribution in [0.5, 0.6) is 0 Å². The lowest BCUT2D eigenvalue weighted by molar-refractivity contribution is -0.280. The summed E-state index contributed by atoms with van der Waals surface area (Å²) in [4.78, 5) is 12.3. The van der Waals surface area contributed by atoms with Gasteiger partial charge in [0.1, 0.15) is 0 Å². The summed E-state index contributed by atoms with van der Waals surface area (Å²) in [6, 6.07) is 0. The van der Waals surface area contributed by atoms with E-state index >= 15 is 0 Å². The van der Waals surface area contributed by atoms with Gasteiger partial charge in [-0.15, -0.1) is 0 Å². The van der Waals surface area contributed by atoms with Crippen LogP contribution < -0.4 is 0 Å². The van der Waals surface area contributed by atoms with Crippen LogP contribution in [0, 0.1) is 5.41 Å². The fraction of sp³-hybridized carbons (Fsp3) is 0.800. The van der Waals surface area contributed by atoms with Crippen molar-refractivity contribution in [1.29, 1.82) is 0 Å². The van der Waals surface area contributed by atoms with Crippen molar-refractivity contribution in [1.82, 2.24) is 0 Å². The van der Waals surface area contributed by atoms with Crippen LogP contribution in [0.3, 0.4) is 0 Å². The predicted molar refractivity (Wildman–Crippen MR) is 71.6 cm³/mol. The molecular weight excluding hydrogens is 244 g/mol. The summed E-state index contributed by atoms with van der Waals surface area (Å²) >= 11 is 0. The predicted octanol–water partition coefficient (Wildman–Crippen LogP) is 2.82. The first-order valence-corrected chi connectivity index (χ1v) is 7.21. The highest BCUT2D eigenvalue weighted by Crippen LogP contribution is 2.47. The molecule has 2 rings (SSSR count). The lowest BCUT2D eigenvalue weighted by Gasteiger charge is -2.45. The van der Waals surface area contributed by atoms with Gasteiger partial charge in [-0.3, -0.25) is 4.79 Å². The van der Waals surface area contributed by atoms with Crippen LogP contribution in [0.15, 0.2) is 11.6 Å². The Bertz CT molecular complexity index is 368. The van der Waals surface area contributed by atoms with Crippen LogP contribution >= 0.6 is 0 Å². The van der Waals surface area contributed by atoms with E-state index in [-0.39, 0.29) is 5.97 Å². The van der Waals surface area contributed by atoms with E-state index in [1.807, 2.05) is 13.8 Å². The highest BCUT2D eigenvalue weighted by atomic mass is 16.7. The van der Waals surface area contributed by atoms with Gasteiger partial charge >= 0.3 is 5.97 Å². The topological polar surface area (TPSA) is 44.8 Å². The first-order chi connectivity index (χ1) is 9.06. The quantitative estimate of drug-likeness (QED) is 0.583. The lowest BCUT2D eigenvalue weighted by Crippen LogP contribution is -2.50. The van der Waals surface area contributed by atoms with Crippen LogP contribution in [-0.4, -0.2) is 31.6 Å². The van der Waals surface area contributed by atoms with Gasteiger partial charge in [0.25, 0.3) is 0 Å². The Morgan fingerprint density at radius 3 is 2.63 bits per heavy atom. The van der Waals surface area contributed by atoms with Crippen molar-refractivity contribution < 1.29 is 19.0 Å². The molecule has 19 heavy (non-hydrogen) atoms. The average molecular weight is 268 g/mol. The molecule has 1 fully saturated rings. The van der Waals surface area contributed by atoms with Gasteiger partial charge in [0.2, 0.25) is 0 Å². The Balaban J connectivity index is 2.26. The van der Waals surface area contributed by atoms with Gasteiger partial charge in [0.05, 0.1) is 25.2 Å². The standard InChI is InChI=1S/C15H24O4/c1-4-12-7-8-15(18-9-6-10-19-15)11-14(12,3)13(16)17-5-2/h7H,4-6,8-11H2,1-3H3. The van der Waals surface area contributed by atoms with Crippen molar-refractivity contribution in [2.45, 2.75) is 52.2 Å². The van der Waals surface area contributed by atoms with Crippen LogP contribution in [0.2, 0.25) is 0 Å². The van der Waals surface area contributed by atoms with E-state index in [4.69, 9.17) is 14.2 Å². The number of ether oxygens (including phenoxy) is 3. The van der Waals surface area contributed by atoms with Gasteiger partial charge in [-0.25, -0.2) is 0 Å². The minimum absolute atomic E-state index is 0.167. The van der Waals surface area contributed by atoms with Gasteiger partial charge in [-0.05, 0) is 26.7 Å². The molecule has 0 amide bonds. The summed E-state index contributed by atoms with van der Waals surface area (Å²) in [6.45, 7) is 7.66. The summed E-state index contributed by atoms with van der Waals surface area (Å²) in [5.41, 5.74) is 0.509. The minimum Gasteiger partial charge on any atom is -0.465 e. The third-order valence-corrected chi connectivity index (χ3v) is 4.12. The van der Waals surface area contributed by atoms with Crippen LogP contribution in [0.4, 0.5) is 0 Å². The third kappa shape index (κ3) is 2.70. The van der Waals surface area contributed by atoms with E-state index in [1.165, 1.54) is 0 Å². The fourth-order valence-electron chi connectivity index (χ4n) is 3.09. The first kappa shape index (κ1) is 14.5. The van der Waals surface area contributed by atoms with E-state index in [2.05, 4.69) is 13.0 Å². The van der Waals surface area contributed by atoms with Crippen molar-refractivity contribution in [3.63, 3.8) is 0 Å². The number of rotatable bonds is 3. The molecule has 4 nitrogen and oxygen atoms in total. The van der Waals surface area contributed by atoms with Crippen LogP contribution in [0.1, 0.15) is 46.5 Å². The second-order valence-corrected chi connectivity index (χ2v) is 5.48. The van der Waals surface area contributed by atoms with Crippen molar-refractivity contribution in [2.75, 3.05) is 19.8 Å². The Morgan fingerprint density at radius 2 is 2.05 bits per heavy atom. The molecule has 108 valence electrons. The maximum absolute atomic E-state index is 12.3. The van der Waals surface area contributed by atoms with Gasteiger partial charge in [0, 0.05) is 12.8 Å². The Hall–Kier alpha value is -0.870. The number of esters is 1. The molecule has 0 saturated carbocycles. The molecule has 0 N–H and O–H groups in total. The summed E-state index contributed by atoms with van der Waals surface area (Å²) in [5, 5.41) is 0. The highest BCUT2D eigenvalue weighted by Gasteiger charge is 2.50. The second kappa shape index (κ2) is 5.63. The zero-order valence-electron chi connectivity index (χ0n) is 12.2. The van der Waals surface area contributed by atoms with Crippen LogP contribution in [0.25, 0.3) is 0 Å². The molecule has 1 aliphatic heterocycles. The van der Waals surface area contributed by atoms with Gasteiger partial charge in [-0.1, -0.05) is 18.6 Å². The molecule has 0 radical (unpaired) electrons. The molecule has 4 heteroatoms. The SMILES string of the molecule is CCOC(=O)C1(C)CC2(CC=C1CC)OCCCO2. The van der Waals surface area contributed by atoms with Crippen LogP contribution in [-0.2, 0) is 19.0 Å². The monoisotopic (exact) mass is 268 g/mol. The molecule has 2 aliphatic rings. The molecule has 1 aliphatic carbocycles. The smallest absolute Gasteiger partial charge is 0.316 e. The zero-order chi connectivity index (χ0) is 13.9. The normalized spacial score (nSPS) is 29.9. The summed E-state index contributed by atoms with van der Waals surface area (Å²) < 4.78 is 17.0. The highest BCUT2D eigenvalue weighted by molar-refractivity contribution is 5.80. The molecule has 0 aromatic heterocycles. The van der Waals surface area contributed by atoms with E-state index in [9.17, 15) is 4.79 Å². The van der Waals surface area contributed by atoms with E-state index < -0.39 is 11.2 Å². The average Bonchev–Trinajstić information content (AvgIpc) is 2.40. The van der Waals surface area contributed by atoms with Crippen molar-refractivity contribution in [3.05, 3.63) is 11.6 Å². The van der Waals surface area contributed by atoms with Crippen molar-refractivity contribution in [2.24, 2.45) is 5.41 Å². The molecule has 1 saturated heterocycles. The summed E-state index contributed by atoms with van der Waals surface area (Å²) in [6.07, 6.45) is 5.16. The number of hydrogen-bond donors (Lipinski definition) is 0. The second-order valence-electron chi connectivity index (χ2n) is 5.48. The summed E-state index contributed by atoms with van der Waals surface area (Å²) in [7, 11) is 0. The van der Waals surface area contributed by atoms with E-state index in [0.29, 0.717) is 26.2 Å². The lowest BCUT2D eigenvalue weighted by atomic mass is 9.70.